The Hall–Kier alpha value is -2.82. The zero-order chi connectivity index (χ0) is 14.5. The zero-order valence-corrected chi connectivity index (χ0v) is 11.4. The van der Waals surface area contributed by atoms with Crippen molar-refractivity contribution in [1.29, 1.82) is 0 Å². The zero-order valence-electron chi connectivity index (χ0n) is 11.4. The first kappa shape index (κ1) is 13.2. The van der Waals surface area contributed by atoms with Crippen molar-refractivity contribution in [1.82, 2.24) is 20.5 Å². The highest BCUT2D eigenvalue weighted by Gasteiger charge is 2.17. The molecule has 0 aromatic carbocycles. The molecule has 0 fully saturated rings. The topological polar surface area (TPSA) is 67.8 Å². The lowest BCUT2D eigenvalue weighted by atomic mass is 10.1. The minimum Gasteiger partial charge on any atom is -0.350 e. The number of amides is 1. The predicted molar refractivity (Wildman–Crippen MR) is 78.9 cm³/mol. The maximum Gasteiger partial charge on any atom is 0.272 e. The maximum atomic E-state index is 12.2. The van der Waals surface area contributed by atoms with Gasteiger partial charge in [0.05, 0.1) is 5.69 Å². The van der Waals surface area contributed by atoms with Crippen LogP contribution < -0.4 is 5.32 Å². The molecule has 1 N–H and O–H groups in total. The van der Waals surface area contributed by atoms with Gasteiger partial charge in [-0.2, -0.15) is 0 Å². The maximum absolute atomic E-state index is 12.2. The second-order valence-corrected chi connectivity index (χ2v) is 4.59. The van der Waals surface area contributed by atoms with E-state index in [0.717, 1.165) is 17.0 Å². The smallest absolute Gasteiger partial charge is 0.272 e. The number of carbonyl (C=O) groups excluding carboxylic acids is 1. The molecule has 1 aromatic heterocycles. The quantitative estimate of drug-likeness (QED) is 0.792. The molecule has 0 unspecified atom stereocenters. The molecule has 1 amide bonds. The lowest BCUT2D eigenvalue weighted by molar-refractivity contribution is 0.0950. The fourth-order valence-corrected chi connectivity index (χ4v) is 2.08. The van der Waals surface area contributed by atoms with E-state index in [1.807, 2.05) is 48.5 Å². The fourth-order valence-electron chi connectivity index (χ4n) is 2.08. The summed E-state index contributed by atoms with van der Waals surface area (Å²) in [4.78, 5) is 16.4. The van der Waals surface area contributed by atoms with Crippen LogP contribution in [0.5, 0.6) is 0 Å². The van der Waals surface area contributed by atoms with E-state index in [-0.39, 0.29) is 5.91 Å². The highest BCUT2D eigenvalue weighted by molar-refractivity contribution is 5.98. The van der Waals surface area contributed by atoms with E-state index in [0.29, 0.717) is 18.7 Å². The van der Waals surface area contributed by atoms with Gasteiger partial charge < -0.3 is 5.32 Å². The Morgan fingerprint density at radius 3 is 2.71 bits per heavy atom. The first-order valence-electron chi connectivity index (χ1n) is 6.74. The van der Waals surface area contributed by atoms with Gasteiger partial charge in [0.15, 0.2) is 5.69 Å². The van der Waals surface area contributed by atoms with E-state index < -0.39 is 0 Å². The van der Waals surface area contributed by atoms with Gasteiger partial charge in [0, 0.05) is 30.4 Å². The molecule has 3 rings (SSSR count). The van der Waals surface area contributed by atoms with Crippen LogP contribution in [-0.4, -0.2) is 27.6 Å². The number of nitrogens with zero attached hydrogens (tertiary/aromatic N) is 3. The fraction of sp³-hybridized carbons (Fsp3) is 0.125. The van der Waals surface area contributed by atoms with E-state index in [9.17, 15) is 4.79 Å². The summed E-state index contributed by atoms with van der Waals surface area (Å²) < 4.78 is 0. The molecule has 0 atom stereocenters. The number of aromatic nitrogens is 3. The van der Waals surface area contributed by atoms with Crippen LogP contribution >= 0.6 is 0 Å². The highest BCUT2D eigenvalue weighted by atomic mass is 16.1. The van der Waals surface area contributed by atoms with Gasteiger partial charge in [-0.25, -0.2) is 0 Å². The van der Waals surface area contributed by atoms with Crippen LogP contribution in [0.4, 0.5) is 0 Å². The molecule has 0 bridgehead atoms. The molecular weight excluding hydrogens is 264 g/mol. The van der Waals surface area contributed by atoms with Crippen molar-refractivity contribution < 1.29 is 4.79 Å². The summed E-state index contributed by atoms with van der Waals surface area (Å²) in [6, 6.07) is 15.1. The predicted octanol–water partition coefficient (Wildman–Crippen LogP) is 1.95. The van der Waals surface area contributed by atoms with Gasteiger partial charge in [0.2, 0.25) is 0 Å². The average Bonchev–Trinajstić information content (AvgIpc) is 2.77. The van der Waals surface area contributed by atoms with Crippen molar-refractivity contribution in [3.05, 3.63) is 66.1 Å². The highest BCUT2D eigenvalue weighted by Crippen LogP contribution is 2.21. The van der Waals surface area contributed by atoms with Crippen LogP contribution in [-0.2, 0) is 6.42 Å². The summed E-state index contributed by atoms with van der Waals surface area (Å²) in [6.07, 6.45) is 2.43. The largest absolute Gasteiger partial charge is 0.350 e. The molecule has 0 saturated heterocycles. The molecule has 0 spiro atoms. The van der Waals surface area contributed by atoms with Gasteiger partial charge in [-0.15, -0.1) is 10.2 Å². The molecule has 1 aromatic rings. The Kier molecular flexibility index (Phi) is 3.82. The molecule has 21 heavy (non-hydrogen) atoms. The standard InChI is InChI=1S/C16H14N4O/c21-16(18-11-9-12-6-4-5-10-17-12)15-13-7-2-1-3-8-14(13)19-20-15/h1-8,10H,9,11H2,(H,18,21). The van der Waals surface area contributed by atoms with Crippen LogP contribution in [0, 0.1) is 0 Å². The van der Waals surface area contributed by atoms with Crippen LogP contribution in [0.1, 0.15) is 16.2 Å². The number of carbonyl (C=O) groups is 1. The third-order valence-corrected chi connectivity index (χ3v) is 3.14. The summed E-state index contributed by atoms with van der Waals surface area (Å²) in [5.74, 6) is -0.209. The van der Waals surface area contributed by atoms with E-state index in [1.165, 1.54) is 0 Å². The second-order valence-electron chi connectivity index (χ2n) is 4.59. The van der Waals surface area contributed by atoms with Crippen molar-refractivity contribution in [2.24, 2.45) is 0 Å². The number of nitrogens with one attached hydrogen (secondary N) is 1. The molecule has 5 nitrogen and oxygen atoms in total. The first-order chi connectivity index (χ1) is 10.3. The number of fused-ring (bicyclic) bond motifs is 1. The van der Waals surface area contributed by atoms with Gasteiger partial charge >= 0.3 is 0 Å². The third-order valence-electron chi connectivity index (χ3n) is 3.14. The third kappa shape index (κ3) is 3.02. The van der Waals surface area contributed by atoms with E-state index in [1.54, 1.807) is 6.20 Å². The van der Waals surface area contributed by atoms with E-state index in [2.05, 4.69) is 20.5 Å². The van der Waals surface area contributed by atoms with Gasteiger partial charge in [-0.05, 0) is 18.2 Å². The van der Waals surface area contributed by atoms with Crippen LogP contribution in [0.3, 0.4) is 0 Å². The second kappa shape index (κ2) is 6.09. The van der Waals surface area contributed by atoms with Crippen molar-refractivity contribution in [3.8, 4) is 11.3 Å². The summed E-state index contributed by atoms with van der Waals surface area (Å²) in [5.41, 5.74) is 2.79. The number of pyridine rings is 1. The van der Waals surface area contributed by atoms with Gasteiger partial charge in [-0.1, -0.05) is 30.3 Å². The molecular formula is C16H14N4O. The Morgan fingerprint density at radius 1 is 1.00 bits per heavy atom. The van der Waals surface area contributed by atoms with Crippen molar-refractivity contribution in [2.45, 2.75) is 6.42 Å². The lowest BCUT2D eigenvalue weighted by Gasteiger charge is -2.03. The molecule has 0 saturated carbocycles. The molecule has 1 aliphatic heterocycles. The van der Waals surface area contributed by atoms with Crippen LogP contribution in [0.25, 0.3) is 11.3 Å². The minimum atomic E-state index is -0.209. The number of hydrogen-bond donors (Lipinski definition) is 1. The molecule has 104 valence electrons. The Labute approximate surface area is 122 Å². The Morgan fingerprint density at radius 2 is 1.86 bits per heavy atom. The average molecular weight is 278 g/mol. The van der Waals surface area contributed by atoms with Crippen molar-refractivity contribution in [3.63, 3.8) is 0 Å². The summed E-state index contributed by atoms with van der Waals surface area (Å²) in [6.45, 7) is 0.517. The molecule has 5 heteroatoms. The van der Waals surface area contributed by atoms with Crippen molar-refractivity contribution in [2.75, 3.05) is 6.54 Å². The van der Waals surface area contributed by atoms with E-state index in [4.69, 9.17) is 0 Å². The normalized spacial score (nSPS) is 10.5. The van der Waals surface area contributed by atoms with E-state index >= 15 is 0 Å². The first-order valence-corrected chi connectivity index (χ1v) is 6.74. The lowest BCUT2D eigenvalue weighted by Crippen LogP contribution is -2.26. The van der Waals surface area contributed by atoms with Gasteiger partial charge in [-0.3, -0.25) is 9.78 Å². The molecule has 1 aliphatic carbocycles. The summed E-state index contributed by atoms with van der Waals surface area (Å²) in [5, 5.41) is 10.8. The van der Waals surface area contributed by atoms with Crippen LogP contribution in [0.2, 0.25) is 0 Å². The Bertz CT molecular complexity index is 714. The molecule has 2 aliphatic rings. The Balaban J connectivity index is 1.66. The van der Waals surface area contributed by atoms with Crippen LogP contribution in [0.15, 0.2) is 54.7 Å². The van der Waals surface area contributed by atoms with Gasteiger partial charge in [0.25, 0.3) is 5.91 Å². The summed E-state index contributed by atoms with van der Waals surface area (Å²) >= 11 is 0. The molecule has 2 heterocycles. The number of rotatable bonds is 4. The molecule has 0 radical (unpaired) electrons. The van der Waals surface area contributed by atoms with Gasteiger partial charge in [0.1, 0.15) is 0 Å². The summed E-state index contributed by atoms with van der Waals surface area (Å²) in [7, 11) is 0. The number of hydrogen-bond acceptors (Lipinski definition) is 4. The SMILES string of the molecule is O=C(NCCc1ccccn1)c1nnc2cccccc1-2. The van der Waals surface area contributed by atoms with Crippen molar-refractivity contribution >= 4 is 5.91 Å². The monoisotopic (exact) mass is 278 g/mol. The minimum absolute atomic E-state index is 0.209.